The third-order valence-electron chi connectivity index (χ3n) is 2.65. The molecule has 1 aliphatic rings. The summed E-state index contributed by atoms with van der Waals surface area (Å²) in [5.74, 6) is -0.00542. The average Bonchev–Trinajstić information content (AvgIpc) is 2.70. The van der Waals surface area contributed by atoms with E-state index in [9.17, 15) is 4.39 Å². The number of hydrogen-bond acceptors (Lipinski definition) is 2. The van der Waals surface area contributed by atoms with E-state index in [1.807, 2.05) is 12.1 Å². The highest BCUT2D eigenvalue weighted by molar-refractivity contribution is 5.35. The average molecular weight is 190 g/mol. The first-order chi connectivity index (χ1) is 6.81. The molecule has 0 amide bonds. The summed E-state index contributed by atoms with van der Waals surface area (Å²) < 4.78 is 13.3. The van der Waals surface area contributed by atoms with Gasteiger partial charge in [0.25, 0.3) is 0 Å². The zero-order valence-corrected chi connectivity index (χ0v) is 7.76. The third-order valence-corrected chi connectivity index (χ3v) is 2.65. The van der Waals surface area contributed by atoms with E-state index in [0.717, 1.165) is 25.1 Å². The van der Waals surface area contributed by atoms with Crippen LogP contribution in [0.15, 0.2) is 18.2 Å². The van der Waals surface area contributed by atoms with Gasteiger partial charge in [-0.15, -0.1) is 0 Å². The van der Waals surface area contributed by atoms with Crippen LogP contribution in [0.2, 0.25) is 0 Å². The molecule has 1 aliphatic heterocycles. The van der Waals surface area contributed by atoms with Crippen LogP contribution >= 0.6 is 0 Å². The summed E-state index contributed by atoms with van der Waals surface area (Å²) in [6, 6.07) is 6.71. The molecule has 0 saturated carbocycles. The molecule has 2 rings (SSSR count). The smallest absolute Gasteiger partial charge is 0.141 e. The van der Waals surface area contributed by atoms with Gasteiger partial charge in [-0.25, -0.2) is 4.39 Å². The van der Waals surface area contributed by atoms with Crippen molar-refractivity contribution in [3.8, 4) is 6.07 Å². The first-order valence-electron chi connectivity index (χ1n) is 4.71. The van der Waals surface area contributed by atoms with Crippen LogP contribution < -0.4 is 5.32 Å². The van der Waals surface area contributed by atoms with E-state index < -0.39 is 5.82 Å². The van der Waals surface area contributed by atoms with Crippen molar-refractivity contribution in [3.05, 3.63) is 35.1 Å². The van der Waals surface area contributed by atoms with Crippen LogP contribution in [0, 0.1) is 17.1 Å². The van der Waals surface area contributed by atoms with Gasteiger partial charge in [0.1, 0.15) is 11.9 Å². The van der Waals surface area contributed by atoms with Crippen molar-refractivity contribution in [2.45, 2.75) is 12.3 Å². The predicted molar refractivity (Wildman–Crippen MR) is 51.3 cm³/mol. The van der Waals surface area contributed by atoms with Gasteiger partial charge in [0.05, 0.1) is 5.56 Å². The molecule has 1 saturated heterocycles. The lowest BCUT2D eigenvalue weighted by Gasteiger charge is -2.08. The minimum Gasteiger partial charge on any atom is -0.316 e. The minimum absolute atomic E-state index is 0.125. The molecule has 1 heterocycles. The van der Waals surface area contributed by atoms with Crippen molar-refractivity contribution in [1.29, 1.82) is 5.26 Å². The van der Waals surface area contributed by atoms with Gasteiger partial charge in [-0.1, -0.05) is 6.07 Å². The second kappa shape index (κ2) is 3.77. The van der Waals surface area contributed by atoms with Crippen LogP contribution in [0.5, 0.6) is 0 Å². The Balaban J connectivity index is 2.28. The Morgan fingerprint density at radius 1 is 1.50 bits per heavy atom. The fourth-order valence-corrected chi connectivity index (χ4v) is 1.82. The topological polar surface area (TPSA) is 35.8 Å². The van der Waals surface area contributed by atoms with Gasteiger partial charge in [0.2, 0.25) is 0 Å². The van der Waals surface area contributed by atoms with Gasteiger partial charge < -0.3 is 5.32 Å². The maximum Gasteiger partial charge on any atom is 0.141 e. The molecular weight excluding hydrogens is 179 g/mol. The summed E-state index contributed by atoms with van der Waals surface area (Å²) in [6.45, 7) is 1.90. The summed E-state index contributed by atoms with van der Waals surface area (Å²) in [5, 5.41) is 11.8. The molecule has 1 aromatic carbocycles. The first-order valence-corrected chi connectivity index (χ1v) is 4.71. The summed E-state index contributed by atoms with van der Waals surface area (Å²) in [4.78, 5) is 0. The van der Waals surface area contributed by atoms with E-state index in [0.29, 0.717) is 5.92 Å². The van der Waals surface area contributed by atoms with Crippen LogP contribution in [-0.4, -0.2) is 13.1 Å². The van der Waals surface area contributed by atoms with Gasteiger partial charge in [-0.2, -0.15) is 5.26 Å². The summed E-state index contributed by atoms with van der Waals surface area (Å²) in [5.41, 5.74) is 1.12. The van der Waals surface area contributed by atoms with E-state index in [1.165, 1.54) is 6.07 Å². The lowest BCUT2D eigenvalue weighted by molar-refractivity contribution is 0.617. The summed E-state index contributed by atoms with van der Waals surface area (Å²) in [7, 11) is 0. The number of nitrogens with zero attached hydrogens (tertiary/aromatic N) is 1. The lowest BCUT2D eigenvalue weighted by atomic mass is 9.97. The van der Waals surface area contributed by atoms with Crippen molar-refractivity contribution >= 4 is 0 Å². The molecule has 0 bridgehead atoms. The van der Waals surface area contributed by atoms with Crippen LogP contribution in [-0.2, 0) is 0 Å². The van der Waals surface area contributed by atoms with Gasteiger partial charge in [0.15, 0.2) is 0 Å². The maximum atomic E-state index is 13.3. The molecule has 0 aromatic heterocycles. The fraction of sp³-hybridized carbons (Fsp3) is 0.364. The predicted octanol–water partition coefficient (Wildman–Crippen LogP) is 1.77. The fourth-order valence-electron chi connectivity index (χ4n) is 1.82. The lowest BCUT2D eigenvalue weighted by Crippen LogP contribution is -2.08. The molecule has 3 heteroatoms. The molecule has 1 atom stereocenters. The monoisotopic (exact) mass is 190 g/mol. The SMILES string of the molecule is N#Cc1ccc([C@H]2CCNC2)cc1F. The molecule has 1 fully saturated rings. The van der Waals surface area contributed by atoms with E-state index in [4.69, 9.17) is 5.26 Å². The van der Waals surface area contributed by atoms with E-state index in [2.05, 4.69) is 5.32 Å². The Labute approximate surface area is 82.4 Å². The minimum atomic E-state index is -0.406. The largest absolute Gasteiger partial charge is 0.316 e. The molecule has 2 nitrogen and oxygen atoms in total. The number of halogens is 1. The number of hydrogen-bond donors (Lipinski definition) is 1. The molecule has 0 aliphatic carbocycles. The molecule has 1 N–H and O–H groups in total. The number of benzene rings is 1. The van der Waals surface area contributed by atoms with Crippen molar-refractivity contribution in [1.82, 2.24) is 5.32 Å². The Morgan fingerprint density at radius 2 is 2.36 bits per heavy atom. The van der Waals surface area contributed by atoms with Gasteiger partial charge in [0, 0.05) is 6.54 Å². The van der Waals surface area contributed by atoms with Crippen molar-refractivity contribution in [2.24, 2.45) is 0 Å². The molecule has 1 aromatic rings. The first kappa shape index (κ1) is 9.17. The van der Waals surface area contributed by atoms with Gasteiger partial charge in [-0.3, -0.25) is 0 Å². The van der Waals surface area contributed by atoms with Crippen LogP contribution in [0.1, 0.15) is 23.5 Å². The van der Waals surface area contributed by atoms with Crippen LogP contribution in [0.25, 0.3) is 0 Å². The normalized spacial score (nSPS) is 20.7. The number of nitrogens with one attached hydrogen (secondary N) is 1. The second-order valence-corrected chi connectivity index (χ2v) is 3.54. The quantitative estimate of drug-likeness (QED) is 0.732. The molecular formula is C11H11FN2. The highest BCUT2D eigenvalue weighted by Gasteiger charge is 2.17. The molecule has 0 spiro atoms. The number of nitriles is 1. The van der Waals surface area contributed by atoms with Gasteiger partial charge in [-0.05, 0) is 36.6 Å². The molecule has 0 radical (unpaired) electrons. The standard InChI is InChI=1S/C11H11FN2/c12-11-5-8(1-2-9(11)6-13)10-3-4-14-7-10/h1-2,5,10,14H,3-4,7H2/t10-/m0/s1. The number of rotatable bonds is 1. The second-order valence-electron chi connectivity index (χ2n) is 3.54. The summed E-state index contributed by atoms with van der Waals surface area (Å²) >= 11 is 0. The molecule has 0 unspecified atom stereocenters. The van der Waals surface area contributed by atoms with E-state index in [1.54, 1.807) is 6.07 Å². The highest BCUT2D eigenvalue weighted by atomic mass is 19.1. The summed E-state index contributed by atoms with van der Waals surface area (Å²) in [6.07, 6.45) is 1.05. The molecule has 14 heavy (non-hydrogen) atoms. The highest BCUT2D eigenvalue weighted by Crippen LogP contribution is 2.23. The zero-order valence-electron chi connectivity index (χ0n) is 7.76. The zero-order chi connectivity index (χ0) is 9.97. The van der Waals surface area contributed by atoms with E-state index in [-0.39, 0.29) is 5.56 Å². The van der Waals surface area contributed by atoms with Crippen molar-refractivity contribution in [3.63, 3.8) is 0 Å². The Hall–Kier alpha value is -1.40. The van der Waals surface area contributed by atoms with Crippen molar-refractivity contribution < 1.29 is 4.39 Å². The third kappa shape index (κ3) is 1.61. The van der Waals surface area contributed by atoms with E-state index >= 15 is 0 Å². The Morgan fingerprint density at radius 3 is 2.93 bits per heavy atom. The molecule has 72 valence electrons. The van der Waals surface area contributed by atoms with Crippen molar-refractivity contribution in [2.75, 3.05) is 13.1 Å². The Bertz CT molecular complexity index is 375. The van der Waals surface area contributed by atoms with Crippen LogP contribution in [0.4, 0.5) is 4.39 Å². The van der Waals surface area contributed by atoms with Gasteiger partial charge >= 0.3 is 0 Å². The Kier molecular flexibility index (Phi) is 2.47. The maximum absolute atomic E-state index is 13.3. The van der Waals surface area contributed by atoms with Crippen LogP contribution in [0.3, 0.4) is 0 Å².